The van der Waals surface area contributed by atoms with E-state index in [0.717, 1.165) is 49.8 Å². The molecule has 1 heterocycles. The summed E-state index contributed by atoms with van der Waals surface area (Å²) in [6, 6.07) is 19.8. The van der Waals surface area contributed by atoms with E-state index in [1.165, 1.54) is 0 Å². The van der Waals surface area contributed by atoms with Crippen molar-refractivity contribution in [2.75, 3.05) is 32.7 Å². The van der Waals surface area contributed by atoms with Gasteiger partial charge in [-0.3, -0.25) is 4.90 Å². The van der Waals surface area contributed by atoms with Crippen LogP contribution in [0.4, 0.5) is 0 Å². The number of rotatable bonds is 5. The molecule has 1 aliphatic rings. The molecule has 2 aromatic rings. The number of hydrogen-bond donors (Lipinski definition) is 0. The second-order valence-electron chi connectivity index (χ2n) is 5.99. The molecule has 1 unspecified atom stereocenters. The maximum Gasteiger partial charge on any atom is 0.127 e. The van der Waals surface area contributed by atoms with E-state index >= 15 is 0 Å². The highest BCUT2D eigenvalue weighted by Gasteiger charge is 2.24. The molecule has 0 saturated carbocycles. The molecule has 0 aliphatic carbocycles. The van der Waals surface area contributed by atoms with E-state index in [-0.39, 0.29) is 6.04 Å². The number of piperazine rings is 1. The van der Waals surface area contributed by atoms with Crippen molar-refractivity contribution < 1.29 is 4.74 Å². The van der Waals surface area contributed by atoms with Crippen LogP contribution in [0.5, 0.6) is 11.5 Å². The Hall–Kier alpha value is -2.35. The third kappa shape index (κ3) is 3.94. The topological polar surface area (TPSA) is 39.5 Å². The third-order valence-corrected chi connectivity index (χ3v) is 4.49. The SMILES string of the molecule is CCN1CCN(C(C#N)c2cccc(Oc3ccccc3)c2)CC1. The first kappa shape index (κ1) is 16.5. The molecule has 0 radical (unpaired) electrons. The summed E-state index contributed by atoms with van der Waals surface area (Å²) in [6.07, 6.45) is 0. The molecule has 0 aromatic heterocycles. The van der Waals surface area contributed by atoms with E-state index in [2.05, 4.69) is 22.8 Å². The molecule has 1 saturated heterocycles. The van der Waals surface area contributed by atoms with Crippen molar-refractivity contribution in [1.29, 1.82) is 5.26 Å². The van der Waals surface area contributed by atoms with Gasteiger partial charge in [0.05, 0.1) is 6.07 Å². The molecule has 4 heteroatoms. The Bertz CT molecular complexity index is 688. The van der Waals surface area contributed by atoms with Crippen LogP contribution in [-0.4, -0.2) is 42.5 Å². The van der Waals surface area contributed by atoms with Crippen LogP contribution >= 0.6 is 0 Å². The van der Waals surface area contributed by atoms with Gasteiger partial charge in [0, 0.05) is 26.2 Å². The Morgan fingerprint density at radius 1 is 1.00 bits per heavy atom. The van der Waals surface area contributed by atoms with Gasteiger partial charge < -0.3 is 9.64 Å². The molecule has 0 bridgehead atoms. The zero-order valence-electron chi connectivity index (χ0n) is 14.1. The summed E-state index contributed by atoms with van der Waals surface area (Å²) in [7, 11) is 0. The molecule has 2 aromatic carbocycles. The van der Waals surface area contributed by atoms with Crippen molar-refractivity contribution in [1.82, 2.24) is 9.80 Å². The molecular weight excluding hydrogens is 298 g/mol. The van der Waals surface area contributed by atoms with Crippen molar-refractivity contribution >= 4 is 0 Å². The van der Waals surface area contributed by atoms with E-state index < -0.39 is 0 Å². The number of nitriles is 1. The van der Waals surface area contributed by atoms with Gasteiger partial charge >= 0.3 is 0 Å². The van der Waals surface area contributed by atoms with Crippen LogP contribution in [0.25, 0.3) is 0 Å². The number of nitrogens with zero attached hydrogens (tertiary/aromatic N) is 3. The summed E-state index contributed by atoms with van der Waals surface area (Å²) in [5.41, 5.74) is 0.996. The summed E-state index contributed by atoms with van der Waals surface area (Å²) in [5, 5.41) is 9.69. The standard InChI is InChI=1S/C20H23N3O/c1-2-22-11-13-23(14-12-22)20(16-21)17-7-6-10-19(15-17)24-18-8-4-3-5-9-18/h3-10,15,20H,2,11-14H2,1H3. The van der Waals surface area contributed by atoms with Crippen LogP contribution in [0, 0.1) is 11.3 Å². The minimum absolute atomic E-state index is 0.219. The van der Waals surface area contributed by atoms with Gasteiger partial charge in [-0.05, 0) is 36.4 Å². The second kappa shape index (κ2) is 7.96. The lowest BCUT2D eigenvalue weighted by molar-refractivity contribution is 0.118. The largest absolute Gasteiger partial charge is 0.457 e. The smallest absolute Gasteiger partial charge is 0.127 e. The fraction of sp³-hybridized carbons (Fsp3) is 0.350. The molecule has 0 N–H and O–H groups in total. The van der Waals surface area contributed by atoms with Gasteiger partial charge in [0.25, 0.3) is 0 Å². The van der Waals surface area contributed by atoms with E-state index in [4.69, 9.17) is 4.74 Å². The van der Waals surface area contributed by atoms with E-state index in [1.54, 1.807) is 0 Å². The lowest BCUT2D eigenvalue weighted by Crippen LogP contribution is -2.47. The fourth-order valence-electron chi connectivity index (χ4n) is 3.08. The number of hydrogen-bond acceptors (Lipinski definition) is 4. The summed E-state index contributed by atoms with van der Waals surface area (Å²) >= 11 is 0. The Morgan fingerprint density at radius 2 is 1.71 bits per heavy atom. The van der Waals surface area contributed by atoms with Crippen molar-refractivity contribution in [2.45, 2.75) is 13.0 Å². The molecular formula is C20H23N3O. The van der Waals surface area contributed by atoms with Crippen LogP contribution < -0.4 is 4.74 Å². The molecule has 0 spiro atoms. The van der Waals surface area contributed by atoms with E-state index in [1.807, 2.05) is 54.6 Å². The van der Waals surface area contributed by atoms with Gasteiger partial charge in [0.1, 0.15) is 17.5 Å². The molecule has 1 fully saturated rings. The first-order valence-electron chi connectivity index (χ1n) is 8.49. The number of benzene rings is 2. The summed E-state index contributed by atoms with van der Waals surface area (Å²) in [5.74, 6) is 1.57. The van der Waals surface area contributed by atoms with Crippen molar-refractivity contribution in [3.8, 4) is 17.6 Å². The second-order valence-corrected chi connectivity index (χ2v) is 5.99. The van der Waals surface area contributed by atoms with Gasteiger partial charge in [0.2, 0.25) is 0 Å². The average Bonchev–Trinajstić information content (AvgIpc) is 2.64. The monoisotopic (exact) mass is 321 g/mol. The van der Waals surface area contributed by atoms with E-state index in [9.17, 15) is 5.26 Å². The molecule has 124 valence electrons. The minimum Gasteiger partial charge on any atom is -0.457 e. The van der Waals surface area contributed by atoms with Crippen LogP contribution in [0.1, 0.15) is 18.5 Å². The van der Waals surface area contributed by atoms with Gasteiger partial charge in [0.15, 0.2) is 0 Å². The molecule has 3 rings (SSSR count). The predicted octanol–water partition coefficient (Wildman–Crippen LogP) is 3.68. The van der Waals surface area contributed by atoms with Crippen molar-refractivity contribution in [3.63, 3.8) is 0 Å². The highest BCUT2D eigenvalue weighted by atomic mass is 16.5. The van der Waals surface area contributed by atoms with Crippen LogP contribution in [0.3, 0.4) is 0 Å². The average molecular weight is 321 g/mol. The first-order valence-corrected chi connectivity index (χ1v) is 8.49. The van der Waals surface area contributed by atoms with Crippen LogP contribution in [0.2, 0.25) is 0 Å². The normalized spacial score (nSPS) is 17.2. The quantitative estimate of drug-likeness (QED) is 0.842. The van der Waals surface area contributed by atoms with Gasteiger partial charge in [-0.1, -0.05) is 37.3 Å². The molecule has 1 atom stereocenters. The number of likely N-dealkylation sites (N-methyl/N-ethyl adjacent to an activating group) is 1. The zero-order valence-corrected chi connectivity index (χ0v) is 14.1. The van der Waals surface area contributed by atoms with Crippen LogP contribution in [-0.2, 0) is 0 Å². The molecule has 24 heavy (non-hydrogen) atoms. The van der Waals surface area contributed by atoms with E-state index in [0.29, 0.717) is 0 Å². The zero-order chi connectivity index (χ0) is 16.8. The van der Waals surface area contributed by atoms with Gasteiger partial charge in [-0.2, -0.15) is 5.26 Å². The van der Waals surface area contributed by atoms with Crippen molar-refractivity contribution in [3.05, 3.63) is 60.2 Å². The predicted molar refractivity (Wildman–Crippen MR) is 95.0 cm³/mol. The lowest BCUT2D eigenvalue weighted by atomic mass is 10.1. The van der Waals surface area contributed by atoms with Gasteiger partial charge in [-0.25, -0.2) is 0 Å². The van der Waals surface area contributed by atoms with Gasteiger partial charge in [-0.15, -0.1) is 0 Å². The number of para-hydroxylation sites is 1. The third-order valence-electron chi connectivity index (χ3n) is 4.49. The highest BCUT2D eigenvalue weighted by molar-refractivity contribution is 5.36. The summed E-state index contributed by atoms with van der Waals surface area (Å²) in [4.78, 5) is 4.67. The maximum atomic E-state index is 9.69. The first-order chi connectivity index (χ1) is 11.8. The Balaban J connectivity index is 1.73. The number of ether oxygens (including phenoxy) is 1. The highest BCUT2D eigenvalue weighted by Crippen LogP contribution is 2.27. The summed E-state index contributed by atoms with van der Waals surface area (Å²) in [6.45, 7) is 7.16. The molecule has 0 amide bonds. The Labute approximate surface area is 143 Å². The maximum absolute atomic E-state index is 9.69. The minimum atomic E-state index is -0.219. The Morgan fingerprint density at radius 3 is 2.38 bits per heavy atom. The molecule has 1 aliphatic heterocycles. The Kier molecular flexibility index (Phi) is 5.47. The van der Waals surface area contributed by atoms with Crippen LogP contribution in [0.15, 0.2) is 54.6 Å². The summed E-state index contributed by atoms with van der Waals surface area (Å²) < 4.78 is 5.90. The lowest BCUT2D eigenvalue weighted by Gasteiger charge is -2.36. The molecule has 4 nitrogen and oxygen atoms in total. The van der Waals surface area contributed by atoms with Crippen molar-refractivity contribution in [2.24, 2.45) is 0 Å². The fourth-order valence-corrected chi connectivity index (χ4v) is 3.08.